The molecule has 0 spiro atoms. The molecule has 0 aromatic heterocycles. The molecule has 1 aliphatic rings. The first-order chi connectivity index (χ1) is 18.9. The minimum Gasteiger partial charge on any atom is -0.490 e. The molecule has 1 aliphatic heterocycles. The summed E-state index contributed by atoms with van der Waals surface area (Å²) in [6.45, 7) is 2.74. The van der Waals surface area contributed by atoms with E-state index in [1.807, 2.05) is 43.3 Å². The first kappa shape index (κ1) is 26.7. The van der Waals surface area contributed by atoms with Gasteiger partial charge in [-0.15, -0.1) is 0 Å². The van der Waals surface area contributed by atoms with Gasteiger partial charge in [-0.2, -0.15) is 5.01 Å². The Kier molecular flexibility index (Phi) is 8.16. The summed E-state index contributed by atoms with van der Waals surface area (Å²) in [5.41, 5.74) is 4.71. The number of hydrogen-bond donors (Lipinski definition) is 1. The number of nitrogens with zero attached hydrogens (tertiary/aromatic N) is 1. The van der Waals surface area contributed by atoms with Crippen molar-refractivity contribution < 1.29 is 19.1 Å². The van der Waals surface area contributed by atoms with Crippen molar-refractivity contribution in [3.63, 3.8) is 0 Å². The van der Waals surface area contributed by atoms with E-state index in [1.165, 1.54) is 5.39 Å². The van der Waals surface area contributed by atoms with Crippen molar-refractivity contribution in [2.24, 2.45) is 0 Å². The van der Waals surface area contributed by atoms with Crippen LogP contribution in [0, 0.1) is 0 Å². The van der Waals surface area contributed by atoms with Crippen LogP contribution in [-0.4, -0.2) is 27.8 Å². The number of thioether (sulfide) groups is 1. The average molecular weight is 575 g/mol. The molecule has 5 rings (SSSR count). The van der Waals surface area contributed by atoms with Gasteiger partial charge in [-0.05, 0) is 89.6 Å². The van der Waals surface area contributed by atoms with Gasteiger partial charge in [-0.1, -0.05) is 65.8 Å². The van der Waals surface area contributed by atoms with E-state index < -0.39 is 11.8 Å². The number of halogens is 1. The van der Waals surface area contributed by atoms with E-state index in [0.717, 1.165) is 33.3 Å². The molecule has 4 aromatic rings. The highest BCUT2D eigenvalue weighted by atomic mass is 35.5. The Hall–Kier alpha value is -3.85. The molecular weight excluding hydrogens is 552 g/mol. The molecule has 0 saturated carbocycles. The molecule has 6 nitrogen and oxygen atoms in total. The molecule has 0 unspecified atom stereocenters. The number of carbonyl (C=O) groups is 2. The van der Waals surface area contributed by atoms with Crippen molar-refractivity contribution in [3.8, 4) is 11.5 Å². The van der Waals surface area contributed by atoms with Crippen LogP contribution in [0.2, 0.25) is 5.02 Å². The maximum Gasteiger partial charge on any atom is 0.285 e. The molecule has 1 saturated heterocycles. The Morgan fingerprint density at radius 2 is 1.74 bits per heavy atom. The van der Waals surface area contributed by atoms with Crippen LogP contribution in [0.4, 0.5) is 0 Å². The number of fused-ring (bicyclic) bond motifs is 1. The highest BCUT2D eigenvalue weighted by Gasteiger charge is 2.33. The quantitative estimate of drug-likeness (QED) is 0.180. The molecule has 1 fully saturated rings. The second-order valence-corrected chi connectivity index (χ2v) is 10.7. The van der Waals surface area contributed by atoms with Crippen LogP contribution in [-0.2, 0) is 11.4 Å². The third-order valence-electron chi connectivity index (χ3n) is 5.89. The predicted molar refractivity (Wildman–Crippen MR) is 160 cm³/mol. The Labute approximate surface area is 240 Å². The van der Waals surface area contributed by atoms with E-state index in [2.05, 4.69) is 29.7 Å². The fourth-order valence-corrected chi connectivity index (χ4v) is 5.28. The van der Waals surface area contributed by atoms with E-state index in [9.17, 15) is 9.59 Å². The van der Waals surface area contributed by atoms with Gasteiger partial charge in [0.25, 0.3) is 11.8 Å². The van der Waals surface area contributed by atoms with E-state index in [-0.39, 0.29) is 4.32 Å². The monoisotopic (exact) mass is 574 g/mol. The molecule has 9 heteroatoms. The summed E-state index contributed by atoms with van der Waals surface area (Å²) in [6, 6.07) is 26.3. The molecule has 0 bridgehead atoms. The Balaban J connectivity index is 1.30. The number of hydrazine groups is 1. The van der Waals surface area contributed by atoms with Crippen LogP contribution >= 0.6 is 35.6 Å². The van der Waals surface area contributed by atoms with Gasteiger partial charge in [0.15, 0.2) is 15.8 Å². The van der Waals surface area contributed by atoms with Crippen molar-refractivity contribution in [2.75, 3.05) is 6.61 Å². The van der Waals surface area contributed by atoms with Gasteiger partial charge in [0.1, 0.15) is 6.61 Å². The van der Waals surface area contributed by atoms with Crippen molar-refractivity contribution >= 4 is 68.6 Å². The fourth-order valence-electron chi connectivity index (χ4n) is 3.97. The molecule has 0 atom stereocenters. The lowest BCUT2D eigenvalue weighted by molar-refractivity contribution is -0.123. The topological polar surface area (TPSA) is 67.9 Å². The summed E-state index contributed by atoms with van der Waals surface area (Å²) in [5, 5.41) is 3.92. The van der Waals surface area contributed by atoms with Crippen LogP contribution in [0.25, 0.3) is 16.8 Å². The van der Waals surface area contributed by atoms with E-state index in [4.69, 9.17) is 33.3 Å². The van der Waals surface area contributed by atoms with Crippen LogP contribution < -0.4 is 14.9 Å². The van der Waals surface area contributed by atoms with Gasteiger partial charge >= 0.3 is 0 Å². The number of carbonyl (C=O) groups excluding carboxylic acids is 2. The first-order valence-electron chi connectivity index (χ1n) is 12.1. The van der Waals surface area contributed by atoms with Gasteiger partial charge in [-0.3, -0.25) is 15.0 Å². The van der Waals surface area contributed by atoms with Crippen LogP contribution in [0.5, 0.6) is 11.5 Å². The number of benzene rings is 4. The normalized spacial score (nSPS) is 14.2. The molecule has 1 heterocycles. The lowest BCUT2D eigenvalue weighted by Crippen LogP contribution is -2.44. The van der Waals surface area contributed by atoms with Crippen molar-refractivity contribution in [1.82, 2.24) is 10.4 Å². The zero-order chi connectivity index (χ0) is 27.4. The summed E-state index contributed by atoms with van der Waals surface area (Å²) < 4.78 is 12.2. The van der Waals surface area contributed by atoms with Crippen LogP contribution in [0.1, 0.15) is 28.4 Å². The summed E-state index contributed by atoms with van der Waals surface area (Å²) in [7, 11) is 0. The predicted octanol–water partition coefficient (Wildman–Crippen LogP) is 7.02. The van der Waals surface area contributed by atoms with Crippen LogP contribution in [0.15, 0.2) is 89.8 Å². The lowest BCUT2D eigenvalue weighted by Gasteiger charge is -2.15. The maximum absolute atomic E-state index is 13.0. The van der Waals surface area contributed by atoms with Gasteiger partial charge in [0.05, 0.1) is 11.5 Å². The smallest absolute Gasteiger partial charge is 0.285 e. The van der Waals surface area contributed by atoms with Crippen molar-refractivity contribution in [3.05, 3.63) is 112 Å². The highest BCUT2D eigenvalue weighted by Crippen LogP contribution is 2.34. The number of ether oxygens (including phenoxy) is 2. The molecule has 0 aliphatic carbocycles. The van der Waals surface area contributed by atoms with Gasteiger partial charge < -0.3 is 9.47 Å². The SMILES string of the molecule is CCOc1cc(/C=C2/SC(=S)N(NC(=O)c3ccc(Cl)cc3)C2=O)ccc1OCc1ccc2ccccc2c1. The summed E-state index contributed by atoms with van der Waals surface area (Å²) in [6.07, 6.45) is 1.71. The molecule has 0 radical (unpaired) electrons. The largest absolute Gasteiger partial charge is 0.490 e. The number of hydrogen-bond acceptors (Lipinski definition) is 6. The minimum absolute atomic E-state index is 0.230. The molecule has 1 N–H and O–H groups in total. The van der Waals surface area contributed by atoms with E-state index >= 15 is 0 Å². The molecular formula is C30H23ClN2O4S2. The summed E-state index contributed by atoms with van der Waals surface area (Å²) in [5.74, 6) is 0.293. The third kappa shape index (κ3) is 6.25. The number of rotatable bonds is 8. The molecule has 2 amide bonds. The second kappa shape index (κ2) is 11.9. The van der Waals surface area contributed by atoms with E-state index in [0.29, 0.717) is 40.2 Å². The first-order valence-corrected chi connectivity index (χ1v) is 13.7. The zero-order valence-electron chi connectivity index (χ0n) is 20.8. The van der Waals surface area contributed by atoms with Gasteiger partial charge in [0, 0.05) is 10.6 Å². The Morgan fingerprint density at radius 1 is 0.974 bits per heavy atom. The standard InChI is InChI=1S/C30H23ClN2O4S2/c1-2-36-26-16-19(8-14-25(26)37-18-20-7-9-21-5-3-4-6-23(21)15-20)17-27-29(35)33(30(38)39-27)32-28(34)22-10-12-24(31)13-11-22/h3-17H,2,18H2,1H3,(H,32,34)/b27-17+. The lowest BCUT2D eigenvalue weighted by atomic mass is 10.1. The maximum atomic E-state index is 13.0. The fraction of sp³-hybridized carbons (Fsp3) is 0.100. The molecule has 196 valence electrons. The molecule has 39 heavy (non-hydrogen) atoms. The summed E-state index contributed by atoms with van der Waals surface area (Å²) >= 11 is 12.3. The average Bonchev–Trinajstić information content (AvgIpc) is 3.20. The van der Waals surface area contributed by atoms with Crippen molar-refractivity contribution in [1.29, 1.82) is 0 Å². The minimum atomic E-state index is -0.462. The number of thiocarbonyl (C=S) groups is 1. The number of nitrogens with one attached hydrogen (secondary N) is 1. The third-order valence-corrected chi connectivity index (χ3v) is 7.44. The Morgan fingerprint density at radius 3 is 2.51 bits per heavy atom. The van der Waals surface area contributed by atoms with Gasteiger partial charge in [0.2, 0.25) is 0 Å². The molecule has 4 aromatic carbocycles. The Bertz CT molecular complexity index is 1600. The van der Waals surface area contributed by atoms with Crippen LogP contribution in [0.3, 0.4) is 0 Å². The second-order valence-electron chi connectivity index (χ2n) is 8.57. The highest BCUT2D eigenvalue weighted by molar-refractivity contribution is 8.26. The van der Waals surface area contributed by atoms with E-state index in [1.54, 1.807) is 30.3 Å². The number of amides is 2. The van der Waals surface area contributed by atoms with Gasteiger partial charge in [-0.25, -0.2) is 0 Å². The zero-order valence-corrected chi connectivity index (χ0v) is 23.2. The summed E-state index contributed by atoms with van der Waals surface area (Å²) in [4.78, 5) is 26.0. The van der Waals surface area contributed by atoms with Crippen molar-refractivity contribution in [2.45, 2.75) is 13.5 Å².